The Morgan fingerprint density at radius 1 is 1.35 bits per heavy atom. The van der Waals surface area contributed by atoms with Gasteiger partial charge in [-0.2, -0.15) is 17.4 Å². The molecular formula is C13H24N4O2S. The summed E-state index contributed by atoms with van der Waals surface area (Å²) in [4.78, 5) is 4.08. The van der Waals surface area contributed by atoms with Crippen molar-refractivity contribution in [3.63, 3.8) is 0 Å². The molecule has 6 nitrogen and oxygen atoms in total. The third-order valence-electron chi connectivity index (χ3n) is 2.77. The molecule has 114 valence electrons. The van der Waals surface area contributed by atoms with Crippen LogP contribution in [0.4, 0.5) is 0 Å². The molecule has 0 aliphatic heterocycles. The summed E-state index contributed by atoms with van der Waals surface area (Å²) in [5.74, 6) is 0. The normalized spacial score (nSPS) is 12.2. The minimum Gasteiger partial charge on any atom is -0.314 e. The van der Waals surface area contributed by atoms with Crippen molar-refractivity contribution in [2.24, 2.45) is 0 Å². The number of hydrogen-bond donors (Lipinski definition) is 2. The van der Waals surface area contributed by atoms with E-state index in [4.69, 9.17) is 0 Å². The summed E-state index contributed by atoms with van der Waals surface area (Å²) in [5, 5.41) is 3.26. The van der Waals surface area contributed by atoms with Crippen LogP contribution in [0.15, 0.2) is 24.4 Å². The Bertz CT molecular complexity index is 476. The van der Waals surface area contributed by atoms with Crippen molar-refractivity contribution in [1.29, 1.82) is 0 Å². The van der Waals surface area contributed by atoms with Crippen LogP contribution in [-0.2, 0) is 16.8 Å². The summed E-state index contributed by atoms with van der Waals surface area (Å²) in [6.07, 6.45) is 2.42. The molecule has 1 aromatic rings. The molecule has 0 bridgehead atoms. The monoisotopic (exact) mass is 300 g/mol. The molecule has 0 aliphatic carbocycles. The van der Waals surface area contributed by atoms with Crippen LogP contribution < -0.4 is 10.0 Å². The van der Waals surface area contributed by atoms with Gasteiger partial charge in [0.2, 0.25) is 0 Å². The second kappa shape index (κ2) is 8.31. The molecule has 1 heterocycles. The van der Waals surface area contributed by atoms with Crippen LogP contribution in [0.2, 0.25) is 0 Å². The molecule has 0 spiro atoms. The Morgan fingerprint density at radius 2 is 2.10 bits per heavy atom. The lowest BCUT2D eigenvalue weighted by Crippen LogP contribution is -2.39. The van der Waals surface area contributed by atoms with E-state index >= 15 is 0 Å². The summed E-state index contributed by atoms with van der Waals surface area (Å²) in [7, 11) is -1.86. The van der Waals surface area contributed by atoms with E-state index in [2.05, 4.69) is 28.9 Å². The first-order valence-electron chi connectivity index (χ1n) is 6.76. The molecule has 7 heteroatoms. The molecule has 0 aliphatic rings. The van der Waals surface area contributed by atoms with Crippen LogP contribution in [-0.4, -0.2) is 43.9 Å². The molecule has 0 saturated heterocycles. The number of hydrogen-bond acceptors (Lipinski definition) is 4. The molecule has 0 radical (unpaired) electrons. The SMILES string of the molecule is CC(C)NCCCN(C)S(=O)(=O)NCc1ccccn1. The Hall–Kier alpha value is -1.02. The van der Waals surface area contributed by atoms with Crippen molar-refractivity contribution in [2.75, 3.05) is 20.1 Å². The van der Waals surface area contributed by atoms with E-state index in [0.29, 0.717) is 18.3 Å². The zero-order valence-corrected chi connectivity index (χ0v) is 13.2. The Labute approximate surface area is 121 Å². The third kappa shape index (κ3) is 6.42. The van der Waals surface area contributed by atoms with Gasteiger partial charge in [-0.05, 0) is 25.1 Å². The van der Waals surface area contributed by atoms with Gasteiger partial charge >= 0.3 is 0 Å². The fourth-order valence-electron chi connectivity index (χ4n) is 1.59. The van der Waals surface area contributed by atoms with Gasteiger partial charge in [0.15, 0.2) is 0 Å². The van der Waals surface area contributed by atoms with Gasteiger partial charge in [-0.15, -0.1) is 0 Å². The van der Waals surface area contributed by atoms with Gasteiger partial charge < -0.3 is 5.32 Å². The van der Waals surface area contributed by atoms with Gasteiger partial charge in [-0.1, -0.05) is 19.9 Å². The van der Waals surface area contributed by atoms with E-state index in [-0.39, 0.29) is 6.54 Å². The number of aromatic nitrogens is 1. The molecule has 1 aromatic heterocycles. The zero-order chi connectivity index (χ0) is 15.0. The average Bonchev–Trinajstić information content (AvgIpc) is 2.42. The summed E-state index contributed by atoms with van der Waals surface area (Å²) < 4.78 is 27.9. The molecule has 0 atom stereocenters. The number of nitrogens with one attached hydrogen (secondary N) is 2. The highest BCUT2D eigenvalue weighted by Gasteiger charge is 2.16. The fraction of sp³-hybridized carbons (Fsp3) is 0.615. The molecule has 0 unspecified atom stereocenters. The summed E-state index contributed by atoms with van der Waals surface area (Å²) >= 11 is 0. The van der Waals surface area contributed by atoms with E-state index in [0.717, 1.165) is 13.0 Å². The lowest BCUT2D eigenvalue weighted by Gasteiger charge is -2.18. The standard InChI is InChI=1S/C13H24N4O2S/c1-12(2)14-9-6-10-17(3)20(18,19)16-11-13-7-4-5-8-15-13/h4-5,7-8,12,14,16H,6,9-11H2,1-3H3. The maximum atomic E-state index is 12.0. The van der Waals surface area contributed by atoms with Crippen molar-refractivity contribution < 1.29 is 8.42 Å². The molecule has 20 heavy (non-hydrogen) atoms. The molecule has 1 rings (SSSR count). The number of nitrogens with zero attached hydrogens (tertiary/aromatic N) is 2. The predicted molar refractivity (Wildman–Crippen MR) is 80.4 cm³/mol. The highest BCUT2D eigenvalue weighted by Crippen LogP contribution is 1.99. The van der Waals surface area contributed by atoms with Gasteiger partial charge in [0.25, 0.3) is 10.2 Å². The van der Waals surface area contributed by atoms with E-state index in [1.807, 2.05) is 6.07 Å². The van der Waals surface area contributed by atoms with Crippen LogP contribution in [0.3, 0.4) is 0 Å². The smallest absolute Gasteiger partial charge is 0.279 e. The van der Waals surface area contributed by atoms with Crippen LogP contribution in [0, 0.1) is 0 Å². The largest absolute Gasteiger partial charge is 0.314 e. The van der Waals surface area contributed by atoms with Crippen molar-refractivity contribution in [2.45, 2.75) is 32.9 Å². The van der Waals surface area contributed by atoms with Gasteiger partial charge in [0.05, 0.1) is 12.2 Å². The van der Waals surface area contributed by atoms with Crippen LogP contribution in [0.1, 0.15) is 26.0 Å². The number of pyridine rings is 1. The molecular weight excluding hydrogens is 276 g/mol. The Morgan fingerprint density at radius 3 is 2.70 bits per heavy atom. The maximum Gasteiger partial charge on any atom is 0.279 e. The van der Waals surface area contributed by atoms with Gasteiger partial charge in [-0.3, -0.25) is 4.98 Å². The van der Waals surface area contributed by atoms with E-state index in [9.17, 15) is 8.42 Å². The highest BCUT2D eigenvalue weighted by molar-refractivity contribution is 7.87. The summed E-state index contributed by atoms with van der Waals surface area (Å²) in [6, 6.07) is 5.83. The van der Waals surface area contributed by atoms with Gasteiger partial charge in [0, 0.05) is 25.8 Å². The highest BCUT2D eigenvalue weighted by atomic mass is 32.2. The van der Waals surface area contributed by atoms with E-state index < -0.39 is 10.2 Å². The van der Waals surface area contributed by atoms with Crippen molar-refractivity contribution >= 4 is 10.2 Å². The lowest BCUT2D eigenvalue weighted by atomic mass is 10.3. The topological polar surface area (TPSA) is 74.3 Å². The molecule has 2 N–H and O–H groups in total. The van der Waals surface area contributed by atoms with Crippen LogP contribution >= 0.6 is 0 Å². The Balaban J connectivity index is 2.35. The summed E-state index contributed by atoms with van der Waals surface area (Å²) in [5.41, 5.74) is 0.700. The summed E-state index contributed by atoms with van der Waals surface area (Å²) in [6.45, 7) is 5.62. The molecule has 0 saturated carbocycles. The maximum absolute atomic E-state index is 12.0. The van der Waals surface area contributed by atoms with Gasteiger partial charge in [0.1, 0.15) is 0 Å². The van der Waals surface area contributed by atoms with Crippen LogP contribution in [0.5, 0.6) is 0 Å². The second-order valence-corrected chi connectivity index (χ2v) is 6.79. The molecule has 0 amide bonds. The first-order chi connectivity index (χ1) is 9.42. The minimum absolute atomic E-state index is 0.206. The Kier molecular flexibility index (Phi) is 7.08. The van der Waals surface area contributed by atoms with Crippen molar-refractivity contribution in [3.8, 4) is 0 Å². The molecule has 0 fully saturated rings. The van der Waals surface area contributed by atoms with E-state index in [1.165, 1.54) is 4.31 Å². The zero-order valence-electron chi connectivity index (χ0n) is 12.3. The quantitative estimate of drug-likeness (QED) is 0.660. The number of rotatable bonds is 9. The predicted octanol–water partition coefficient (Wildman–Crippen LogP) is 0.736. The first-order valence-corrected chi connectivity index (χ1v) is 8.20. The van der Waals surface area contributed by atoms with E-state index in [1.54, 1.807) is 25.4 Å². The first kappa shape index (κ1) is 17.0. The van der Waals surface area contributed by atoms with Crippen LogP contribution in [0.25, 0.3) is 0 Å². The molecule has 0 aromatic carbocycles. The second-order valence-electron chi connectivity index (χ2n) is 4.93. The fourth-order valence-corrected chi connectivity index (χ4v) is 2.51. The van der Waals surface area contributed by atoms with Crippen molar-refractivity contribution in [1.82, 2.24) is 19.3 Å². The third-order valence-corrected chi connectivity index (χ3v) is 4.29. The van der Waals surface area contributed by atoms with Gasteiger partial charge in [-0.25, -0.2) is 0 Å². The average molecular weight is 300 g/mol. The minimum atomic E-state index is -3.44. The van der Waals surface area contributed by atoms with Crippen molar-refractivity contribution in [3.05, 3.63) is 30.1 Å². The lowest BCUT2D eigenvalue weighted by molar-refractivity contribution is 0.438.